The Morgan fingerprint density at radius 3 is 2.14 bits per heavy atom. The summed E-state index contributed by atoms with van der Waals surface area (Å²) in [6.07, 6.45) is 4.46. The van der Waals surface area contributed by atoms with Crippen molar-refractivity contribution in [2.45, 2.75) is 37.2 Å². The van der Waals surface area contributed by atoms with Crippen LogP contribution in [-0.2, 0) is 24.3 Å². The fraction of sp³-hybridized carbons (Fsp3) is 0.179. The standard InChI is InChI=1S/C27H27.C12H9Si.2ClH.Zr/c1-4-21-14-15-23-17-20(16-19(2)3)18-26(23)27(21)25-13-9-8-12-24(25)22-10-6-5-7-11-22;1-3-7-11-9(5-1)10-6-2-4-8-12(10)13-11;;;/h5-15,17-19H,4,16H2,1-3H3;1-7H,13H2;2*1H;/q;;;;+2/p-2. The fourth-order valence-electron chi connectivity index (χ4n) is 7.44. The zero-order chi connectivity index (χ0) is 29.7. The minimum atomic E-state index is -4.04. The molecule has 4 heteroatoms. The van der Waals surface area contributed by atoms with Crippen LogP contribution >= 0.6 is 17.0 Å². The molecule has 0 N–H and O–H groups in total. The molecule has 0 amide bonds. The van der Waals surface area contributed by atoms with Crippen LogP contribution in [0.2, 0.25) is 0 Å². The van der Waals surface area contributed by atoms with Gasteiger partial charge in [0.2, 0.25) is 0 Å². The van der Waals surface area contributed by atoms with Crippen molar-refractivity contribution in [3.63, 3.8) is 0 Å². The number of benzene rings is 5. The van der Waals surface area contributed by atoms with Gasteiger partial charge < -0.3 is 0 Å². The van der Waals surface area contributed by atoms with Gasteiger partial charge in [0.05, 0.1) is 0 Å². The van der Waals surface area contributed by atoms with Gasteiger partial charge in [0.1, 0.15) is 0 Å². The van der Waals surface area contributed by atoms with Gasteiger partial charge in [-0.25, -0.2) is 0 Å². The van der Waals surface area contributed by atoms with Crippen molar-refractivity contribution in [3.05, 3.63) is 131 Å². The van der Waals surface area contributed by atoms with E-state index in [0.717, 1.165) is 12.8 Å². The predicted molar refractivity (Wildman–Crippen MR) is 188 cm³/mol. The Labute approximate surface area is 270 Å². The van der Waals surface area contributed by atoms with Gasteiger partial charge in [-0.3, -0.25) is 0 Å². The number of hydrogen-bond donors (Lipinski definition) is 0. The number of aryl methyl sites for hydroxylation is 1. The Balaban J connectivity index is 1.43. The fourth-order valence-corrected chi connectivity index (χ4v) is 24.2. The number of allylic oxidation sites excluding steroid dienone is 1. The first kappa shape index (κ1) is 29.2. The number of hydrogen-bond acceptors (Lipinski definition) is 0. The van der Waals surface area contributed by atoms with Crippen LogP contribution in [0.25, 0.3) is 39.5 Å². The van der Waals surface area contributed by atoms with E-state index in [2.05, 4.69) is 136 Å². The van der Waals surface area contributed by atoms with Crippen molar-refractivity contribution in [3.8, 4) is 33.4 Å². The Kier molecular flexibility index (Phi) is 8.02. The van der Waals surface area contributed by atoms with Gasteiger partial charge >= 0.3 is 272 Å². The van der Waals surface area contributed by atoms with Gasteiger partial charge in [0, 0.05) is 0 Å². The molecule has 5 aromatic rings. The Morgan fingerprint density at radius 2 is 1.40 bits per heavy atom. The molecule has 0 radical (unpaired) electrons. The molecule has 0 nitrogen and oxygen atoms in total. The summed E-state index contributed by atoms with van der Waals surface area (Å²) in [7, 11) is 15.3. The maximum atomic E-state index is 7.96. The summed E-state index contributed by atoms with van der Waals surface area (Å²) in [6, 6.07) is 40.1. The molecule has 1 aliphatic heterocycles. The van der Waals surface area contributed by atoms with Gasteiger partial charge in [-0.2, -0.15) is 0 Å². The molecule has 1 atom stereocenters. The van der Waals surface area contributed by atoms with E-state index in [4.69, 9.17) is 17.0 Å². The van der Waals surface area contributed by atoms with Crippen LogP contribution in [-0.4, -0.2) is 9.52 Å². The summed E-state index contributed by atoms with van der Waals surface area (Å²) in [5, 5.41) is 3.00. The van der Waals surface area contributed by atoms with Crippen LogP contribution in [0.3, 0.4) is 0 Å². The van der Waals surface area contributed by atoms with Gasteiger partial charge in [0.15, 0.2) is 0 Å². The second-order valence-corrected chi connectivity index (χ2v) is 28.2. The van der Waals surface area contributed by atoms with Gasteiger partial charge in [-0.15, -0.1) is 0 Å². The molecule has 0 saturated carbocycles. The van der Waals surface area contributed by atoms with Crippen LogP contribution in [0.15, 0.2) is 115 Å². The molecule has 1 unspecified atom stereocenters. The first-order valence-electron chi connectivity index (χ1n) is 15.5. The van der Waals surface area contributed by atoms with Crippen molar-refractivity contribution < 1.29 is 17.9 Å². The molecule has 0 spiro atoms. The van der Waals surface area contributed by atoms with E-state index in [9.17, 15) is 0 Å². The summed E-state index contributed by atoms with van der Waals surface area (Å²) < 4.78 is 1.39. The van der Waals surface area contributed by atoms with Crippen molar-refractivity contribution >= 4 is 46.3 Å². The van der Waals surface area contributed by atoms with Crippen LogP contribution in [0.4, 0.5) is 0 Å². The van der Waals surface area contributed by atoms with Crippen molar-refractivity contribution in [2.24, 2.45) is 5.92 Å². The minimum absolute atomic E-state index is 0.0905. The topological polar surface area (TPSA) is 0 Å². The summed E-state index contributed by atoms with van der Waals surface area (Å²) >= 11 is -4.04. The van der Waals surface area contributed by atoms with E-state index in [-0.39, 0.29) is 3.63 Å². The van der Waals surface area contributed by atoms with E-state index in [0.29, 0.717) is 5.92 Å². The zero-order valence-electron chi connectivity index (χ0n) is 25.0. The zero-order valence-corrected chi connectivity index (χ0v) is 30.4. The molecule has 0 aromatic heterocycles. The number of halogens is 2. The second-order valence-electron chi connectivity index (χ2n) is 12.4. The normalized spacial score (nSPS) is 15.9. The van der Waals surface area contributed by atoms with E-state index in [1.54, 1.807) is 0 Å². The third kappa shape index (κ3) is 5.09. The first-order chi connectivity index (χ1) is 20.9. The molecular weight excluding hydrogens is 659 g/mol. The third-order valence-electron chi connectivity index (χ3n) is 9.26. The molecule has 2 aliphatic rings. The SMILES string of the molecule is CCc1ccc2c(c1-c1ccccc1-c1ccccc1)C=C(CC(C)C)[CH]2[Zr]([Cl])([Cl])[c]1cccc2c1[SiH2]c1ccccc1-2. The molecule has 0 saturated heterocycles. The monoisotopic (exact) mass is 692 g/mol. The maximum absolute atomic E-state index is 7.96. The molecule has 1 aliphatic carbocycles. The van der Waals surface area contributed by atoms with Crippen molar-refractivity contribution in [1.82, 2.24) is 0 Å². The van der Waals surface area contributed by atoms with Crippen LogP contribution in [0.1, 0.15) is 47.5 Å². The Bertz CT molecular complexity index is 1870. The number of rotatable bonds is 7. The molecule has 1 heterocycles. The summed E-state index contributed by atoms with van der Waals surface area (Å²) in [6.45, 7) is 6.89. The third-order valence-corrected chi connectivity index (χ3v) is 23.6. The molecule has 7 rings (SSSR count). The van der Waals surface area contributed by atoms with Gasteiger partial charge in [-0.1, -0.05) is 0 Å². The van der Waals surface area contributed by atoms with E-state index < -0.39 is 27.4 Å². The summed E-state index contributed by atoms with van der Waals surface area (Å²) in [5.41, 5.74) is 13.4. The molecule has 43 heavy (non-hydrogen) atoms. The average molecular weight is 695 g/mol. The Morgan fingerprint density at radius 1 is 0.721 bits per heavy atom. The van der Waals surface area contributed by atoms with Gasteiger partial charge in [0.25, 0.3) is 0 Å². The van der Waals surface area contributed by atoms with E-state index in [1.165, 1.54) is 69.3 Å². The summed E-state index contributed by atoms with van der Waals surface area (Å²) in [5.74, 6) is 0.518. The Hall–Kier alpha value is -2.48. The number of fused-ring (bicyclic) bond motifs is 4. The van der Waals surface area contributed by atoms with Crippen LogP contribution in [0, 0.1) is 5.92 Å². The summed E-state index contributed by atoms with van der Waals surface area (Å²) in [4.78, 5) is 0. The van der Waals surface area contributed by atoms with E-state index in [1.807, 2.05) is 0 Å². The molecule has 5 aromatic carbocycles. The van der Waals surface area contributed by atoms with Crippen molar-refractivity contribution in [1.29, 1.82) is 0 Å². The van der Waals surface area contributed by atoms with E-state index >= 15 is 0 Å². The second kappa shape index (κ2) is 11.8. The van der Waals surface area contributed by atoms with Crippen LogP contribution in [0.5, 0.6) is 0 Å². The molecule has 0 fully saturated rings. The van der Waals surface area contributed by atoms with Crippen molar-refractivity contribution in [2.75, 3.05) is 0 Å². The molecule has 214 valence electrons. The molecule has 0 bridgehead atoms. The van der Waals surface area contributed by atoms with Gasteiger partial charge in [-0.05, 0) is 0 Å². The quantitative estimate of drug-likeness (QED) is 0.147. The predicted octanol–water partition coefficient (Wildman–Crippen LogP) is 8.95. The van der Waals surface area contributed by atoms with Crippen LogP contribution < -0.4 is 13.6 Å². The first-order valence-corrected chi connectivity index (χ1v) is 25.9. The average Bonchev–Trinajstić information content (AvgIpc) is 3.59. The molecular formula is C39H36Cl2SiZr.